The molecule has 0 spiro atoms. The SMILES string of the molecule is CC.CC.[2H]C[CH2-].[2H][CH2-].[CH3-].[V+2].[V]. The number of hydrogen-bond donors (Lipinski definition) is 0. The van der Waals surface area contributed by atoms with Crippen LogP contribution in [0.3, 0.4) is 0 Å². The van der Waals surface area contributed by atoms with Crippen LogP contribution in [0.5, 0.6) is 0 Å². The molecule has 0 aliphatic heterocycles. The van der Waals surface area contributed by atoms with Crippen molar-refractivity contribution in [1.29, 1.82) is 0 Å². The Morgan fingerprint density at radius 2 is 1.10 bits per heavy atom. The van der Waals surface area contributed by atoms with Gasteiger partial charge in [0, 0.05) is 18.6 Å². The quantitative estimate of drug-likeness (QED) is 0.548. The molecule has 0 atom stereocenters. The molecule has 0 aromatic rings. The maximum atomic E-state index is 6.10. The van der Waals surface area contributed by atoms with Gasteiger partial charge in [0.2, 0.25) is 0 Å². The summed E-state index contributed by atoms with van der Waals surface area (Å²) in [5.74, 6) is 0. The summed E-state index contributed by atoms with van der Waals surface area (Å²) in [7, 11) is 2.50. The smallest absolute Gasteiger partial charge is 0.358 e. The summed E-state index contributed by atoms with van der Waals surface area (Å²) in [6.45, 7) is 11.4. The molecule has 2 heteroatoms. The monoisotopic (exact) mass is 223 g/mol. The van der Waals surface area contributed by atoms with E-state index in [2.05, 4.69) is 14.3 Å². The Hall–Kier alpha value is 1.17. The Bertz CT molecular complexity index is 15.0. The molecule has 0 aromatic heterocycles. The minimum atomic E-state index is 0. The van der Waals surface area contributed by atoms with Gasteiger partial charge in [0.15, 0.2) is 0 Å². The first-order valence-electron chi connectivity index (χ1n) is 3.91. The molecular formula is C8H23V2-. The van der Waals surface area contributed by atoms with Crippen molar-refractivity contribution in [3.63, 3.8) is 0 Å². The van der Waals surface area contributed by atoms with Crippen LogP contribution in [0.2, 0.25) is 0 Å². The predicted octanol–water partition coefficient (Wildman–Crippen LogP) is 3.79. The first-order valence-corrected chi connectivity index (χ1v) is 2.50. The van der Waals surface area contributed by atoms with Gasteiger partial charge in [0.05, 0.1) is 0 Å². The van der Waals surface area contributed by atoms with Crippen LogP contribution >= 0.6 is 0 Å². The van der Waals surface area contributed by atoms with E-state index in [-0.39, 0.29) is 51.4 Å². The fourth-order valence-electron chi connectivity index (χ4n) is 0. The molecule has 0 saturated heterocycles. The summed E-state index contributed by atoms with van der Waals surface area (Å²) >= 11 is 0. The van der Waals surface area contributed by atoms with Gasteiger partial charge < -0.3 is 21.8 Å². The van der Waals surface area contributed by atoms with Crippen molar-refractivity contribution in [2.75, 3.05) is 0 Å². The summed E-state index contributed by atoms with van der Waals surface area (Å²) in [5.41, 5.74) is 0. The zero-order chi connectivity index (χ0) is 8.71. The molecule has 0 saturated carbocycles. The molecule has 0 heterocycles. The molecule has 2 radical (unpaired) electrons. The number of hydrogen-bond acceptors (Lipinski definition) is 0. The molecule has 10 heavy (non-hydrogen) atoms. The van der Waals surface area contributed by atoms with Crippen LogP contribution in [-0.2, 0) is 37.1 Å². The molecule has 0 N–H and O–H groups in total. The summed E-state index contributed by atoms with van der Waals surface area (Å²) < 4.78 is 11.6. The Morgan fingerprint density at radius 3 is 1.10 bits per heavy atom. The van der Waals surface area contributed by atoms with Crippen molar-refractivity contribution in [2.24, 2.45) is 0 Å². The maximum absolute atomic E-state index is 6.10. The number of rotatable bonds is 0. The standard InChI is InChI=1S/2C2H6.C2H5.2CH3.2V/c3*1-2;;;;/h2*1-2H3;1H2,2H3;2*1H3;;/q;;3*-1;;+2/i;;2D;1D;;;. The molecule has 0 aliphatic rings. The van der Waals surface area contributed by atoms with Gasteiger partial charge in [0.25, 0.3) is 0 Å². The van der Waals surface area contributed by atoms with Crippen LogP contribution in [-0.4, -0.2) is 0 Å². The first kappa shape index (κ1) is 30.3. The molecule has 0 fully saturated rings. The third kappa shape index (κ3) is 448. The van der Waals surface area contributed by atoms with E-state index < -0.39 is 0 Å². The van der Waals surface area contributed by atoms with E-state index in [1.807, 2.05) is 27.7 Å². The second-order valence-corrected chi connectivity index (χ2v) is 0. The summed E-state index contributed by atoms with van der Waals surface area (Å²) in [5, 5.41) is 0. The van der Waals surface area contributed by atoms with E-state index in [1.54, 1.807) is 0 Å². The molecule has 0 bridgehead atoms. The van der Waals surface area contributed by atoms with E-state index >= 15 is 0 Å². The topological polar surface area (TPSA) is 0 Å². The fraction of sp³-hybridized carbons (Fsp3) is 0.625. The van der Waals surface area contributed by atoms with Gasteiger partial charge in [-0.2, -0.15) is 6.90 Å². The Balaban J connectivity index is -0.00000000522. The third-order valence-electron chi connectivity index (χ3n) is 0. The van der Waals surface area contributed by atoms with Gasteiger partial charge in [-0.3, -0.25) is 0 Å². The van der Waals surface area contributed by atoms with E-state index in [0.717, 1.165) is 0 Å². The Morgan fingerprint density at radius 1 is 1.10 bits per heavy atom. The second-order valence-electron chi connectivity index (χ2n) is 0. The fourth-order valence-corrected chi connectivity index (χ4v) is 0. The van der Waals surface area contributed by atoms with Gasteiger partial charge in [-0.15, -0.1) is 0 Å². The molecule has 0 aliphatic carbocycles. The zero-order valence-corrected chi connectivity index (χ0v) is 10.8. The van der Waals surface area contributed by atoms with Gasteiger partial charge in [0.1, 0.15) is 0 Å². The summed E-state index contributed by atoms with van der Waals surface area (Å²) in [4.78, 5) is 0. The third-order valence-corrected chi connectivity index (χ3v) is 0. The van der Waals surface area contributed by atoms with E-state index in [9.17, 15) is 0 Å². The average molecular weight is 223 g/mol. The van der Waals surface area contributed by atoms with Gasteiger partial charge in [-0.05, 0) is 1.37 Å². The largest absolute Gasteiger partial charge is 2.00 e. The van der Waals surface area contributed by atoms with Crippen molar-refractivity contribution in [3.8, 4) is 0 Å². The van der Waals surface area contributed by atoms with Crippen LogP contribution in [0, 0.1) is 21.8 Å². The molecular weight excluding hydrogens is 198 g/mol. The normalized spacial score (nSPS) is 3.80. The van der Waals surface area contributed by atoms with Crippen molar-refractivity contribution >= 4 is 0 Å². The minimum Gasteiger partial charge on any atom is -0.358 e. The van der Waals surface area contributed by atoms with Crippen LogP contribution < -0.4 is 0 Å². The molecule has 0 nitrogen and oxygen atoms in total. The van der Waals surface area contributed by atoms with E-state index in [4.69, 9.17) is 2.74 Å². The maximum Gasteiger partial charge on any atom is 2.00 e. The van der Waals surface area contributed by atoms with Crippen molar-refractivity contribution < 1.29 is 39.9 Å². The molecule has 66 valence electrons. The summed E-state index contributed by atoms with van der Waals surface area (Å²) in [6, 6.07) is 0. The average Bonchev–Trinajstić information content (AvgIpc) is 2.01. The van der Waals surface area contributed by atoms with Crippen LogP contribution in [0.4, 0.5) is 0 Å². The van der Waals surface area contributed by atoms with Crippen molar-refractivity contribution in [2.45, 2.75) is 34.6 Å². The Kier molecular flexibility index (Phi) is 1900. The summed E-state index contributed by atoms with van der Waals surface area (Å²) in [6.07, 6.45) is 0. The van der Waals surface area contributed by atoms with Gasteiger partial charge in [-0.1, -0.05) is 27.7 Å². The van der Waals surface area contributed by atoms with E-state index in [1.165, 1.54) is 0 Å². The van der Waals surface area contributed by atoms with Crippen LogP contribution in [0.15, 0.2) is 0 Å². The van der Waals surface area contributed by atoms with Crippen LogP contribution in [0.1, 0.15) is 37.3 Å². The Labute approximate surface area is 96.1 Å². The molecule has 0 rings (SSSR count). The molecule has 0 unspecified atom stereocenters. The van der Waals surface area contributed by atoms with Crippen molar-refractivity contribution in [3.05, 3.63) is 21.8 Å². The molecule has 0 amide bonds. The molecule has 0 aromatic carbocycles. The van der Waals surface area contributed by atoms with Crippen molar-refractivity contribution in [1.82, 2.24) is 0 Å². The first-order chi connectivity index (χ1) is 4.41. The predicted molar refractivity (Wildman–Crippen MR) is 46.6 cm³/mol. The van der Waals surface area contributed by atoms with Gasteiger partial charge in [-0.25, -0.2) is 1.37 Å². The van der Waals surface area contributed by atoms with E-state index in [0.29, 0.717) is 0 Å². The minimum absolute atomic E-state index is 0. The zero-order valence-electron chi connectivity index (χ0n) is 10.0. The van der Waals surface area contributed by atoms with Crippen LogP contribution in [0.25, 0.3) is 0 Å². The van der Waals surface area contributed by atoms with Gasteiger partial charge >= 0.3 is 18.6 Å². The second kappa shape index (κ2) is 626.